The molecule has 2 amide bonds. The highest BCUT2D eigenvalue weighted by molar-refractivity contribution is 7.88. The maximum absolute atomic E-state index is 12.9. The molecule has 1 fully saturated rings. The van der Waals surface area contributed by atoms with Crippen LogP contribution in [0.2, 0.25) is 5.02 Å². The van der Waals surface area contributed by atoms with Gasteiger partial charge in [0.1, 0.15) is 6.04 Å². The summed E-state index contributed by atoms with van der Waals surface area (Å²) in [6, 6.07) is 13.4. The summed E-state index contributed by atoms with van der Waals surface area (Å²) in [6.07, 6.45) is 2.10. The van der Waals surface area contributed by atoms with Gasteiger partial charge in [0.2, 0.25) is 21.8 Å². The van der Waals surface area contributed by atoms with Gasteiger partial charge in [0, 0.05) is 24.7 Å². The number of nitrogens with two attached hydrogens (primary N) is 1. The summed E-state index contributed by atoms with van der Waals surface area (Å²) in [7, 11) is -3.69. The van der Waals surface area contributed by atoms with E-state index in [1.807, 2.05) is 6.07 Å². The fraction of sp³-hybridized carbons (Fsp3) is 0.391. The number of nitrogens with zero attached hydrogens (tertiary/aromatic N) is 1. The van der Waals surface area contributed by atoms with Crippen LogP contribution < -0.4 is 15.8 Å². The molecule has 1 saturated heterocycles. The van der Waals surface area contributed by atoms with Gasteiger partial charge >= 0.3 is 0 Å². The number of piperidine rings is 1. The number of nitrogens with one attached hydrogen (secondary N) is 2. The molecule has 0 spiro atoms. The molecular weight excluding hydrogens is 464 g/mol. The van der Waals surface area contributed by atoms with Gasteiger partial charge in [-0.2, -0.15) is 0 Å². The van der Waals surface area contributed by atoms with E-state index in [1.165, 1.54) is 4.90 Å². The van der Waals surface area contributed by atoms with Crippen LogP contribution in [0.5, 0.6) is 0 Å². The van der Waals surface area contributed by atoms with Crippen LogP contribution in [0.4, 0.5) is 0 Å². The molecule has 0 aliphatic carbocycles. The van der Waals surface area contributed by atoms with Gasteiger partial charge in [-0.3, -0.25) is 9.59 Å². The number of benzene rings is 2. The topological polar surface area (TPSA) is 122 Å². The quantitative estimate of drug-likeness (QED) is 0.493. The van der Waals surface area contributed by atoms with Crippen molar-refractivity contribution in [1.82, 2.24) is 14.9 Å². The number of sulfonamides is 1. The zero-order valence-corrected chi connectivity index (χ0v) is 19.9. The third-order valence-corrected chi connectivity index (χ3v) is 7.14. The number of halogens is 1. The molecule has 0 bridgehead atoms. The molecule has 4 N–H and O–H groups in total. The fourth-order valence-corrected chi connectivity index (χ4v) is 5.15. The van der Waals surface area contributed by atoms with Crippen molar-refractivity contribution in [2.75, 3.05) is 13.1 Å². The second-order valence-corrected chi connectivity index (χ2v) is 10.2. The molecule has 1 aliphatic rings. The minimum absolute atomic E-state index is 0.214. The summed E-state index contributed by atoms with van der Waals surface area (Å²) in [5.41, 5.74) is 8.09. The van der Waals surface area contributed by atoms with Gasteiger partial charge in [-0.1, -0.05) is 48.0 Å². The van der Waals surface area contributed by atoms with Gasteiger partial charge in [-0.25, -0.2) is 13.1 Å². The van der Waals surface area contributed by atoms with Crippen molar-refractivity contribution in [3.05, 3.63) is 70.2 Å². The second-order valence-electron chi connectivity index (χ2n) is 8.00. The van der Waals surface area contributed by atoms with Crippen LogP contribution in [0.25, 0.3) is 0 Å². The van der Waals surface area contributed by atoms with Gasteiger partial charge < -0.3 is 16.0 Å². The van der Waals surface area contributed by atoms with Crippen molar-refractivity contribution in [3.8, 4) is 0 Å². The van der Waals surface area contributed by atoms with Gasteiger partial charge in [0.05, 0.1) is 12.3 Å². The smallest absolute Gasteiger partial charge is 0.243 e. The first-order chi connectivity index (χ1) is 15.8. The Morgan fingerprint density at radius 3 is 2.58 bits per heavy atom. The minimum atomic E-state index is -3.69. The lowest BCUT2D eigenvalue weighted by Gasteiger charge is -2.34. The molecule has 0 aromatic heterocycles. The molecule has 0 radical (unpaired) electrons. The van der Waals surface area contributed by atoms with Crippen LogP contribution >= 0.6 is 11.6 Å². The Hall–Kier alpha value is -2.46. The third-order valence-electron chi connectivity index (χ3n) is 5.61. The Morgan fingerprint density at radius 2 is 1.85 bits per heavy atom. The van der Waals surface area contributed by atoms with Gasteiger partial charge in [-0.05, 0) is 48.1 Å². The SMILES string of the molecule is NCc1ccc(Cl)cc1CNC(=O)[C@@H]1CCCCN1C(=O)CNS(=O)(=O)Cc1ccccc1. The summed E-state index contributed by atoms with van der Waals surface area (Å²) in [6.45, 7) is 0.584. The predicted molar refractivity (Wildman–Crippen MR) is 128 cm³/mol. The zero-order valence-electron chi connectivity index (χ0n) is 18.3. The number of amides is 2. The van der Waals surface area contributed by atoms with Crippen LogP contribution in [0.3, 0.4) is 0 Å². The molecule has 10 heteroatoms. The summed E-state index contributed by atoms with van der Waals surface area (Å²) in [5.74, 6) is -0.913. The van der Waals surface area contributed by atoms with E-state index in [1.54, 1.807) is 42.5 Å². The van der Waals surface area contributed by atoms with Crippen LogP contribution in [0.15, 0.2) is 48.5 Å². The van der Waals surface area contributed by atoms with Crippen LogP contribution in [-0.2, 0) is 38.5 Å². The summed E-state index contributed by atoms with van der Waals surface area (Å²) < 4.78 is 27.1. The van der Waals surface area contributed by atoms with E-state index in [9.17, 15) is 18.0 Å². The number of rotatable bonds is 9. The Kier molecular flexibility index (Phi) is 8.85. The lowest BCUT2D eigenvalue weighted by molar-refractivity contribution is -0.141. The normalized spacial score (nSPS) is 16.4. The van der Waals surface area contributed by atoms with E-state index >= 15 is 0 Å². The number of hydrogen-bond donors (Lipinski definition) is 3. The molecule has 1 aliphatic heterocycles. The van der Waals surface area contributed by atoms with E-state index in [-0.39, 0.29) is 24.7 Å². The molecule has 33 heavy (non-hydrogen) atoms. The Bertz CT molecular complexity index is 1080. The number of hydrogen-bond acceptors (Lipinski definition) is 5. The molecule has 8 nitrogen and oxygen atoms in total. The van der Waals surface area contributed by atoms with E-state index in [4.69, 9.17) is 17.3 Å². The predicted octanol–water partition coefficient (Wildman–Crippen LogP) is 1.92. The van der Waals surface area contributed by atoms with Crippen molar-refractivity contribution in [2.45, 2.75) is 44.1 Å². The third kappa shape index (κ3) is 7.26. The molecule has 178 valence electrons. The molecule has 0 unspecified atom stereocenters. The highest BCUT2D eigenvalue weighted by Gasteiger charge is 2.32. The van der Waals surface area contributed by atoms with E-state index < -0.39 is 22.0 Å². The van der Waals surface area contributed by atoms with Crippen LogP contribution in [0.1, 0.15) is 36.0 Å². The first kappa shape index (κ1) is 25.2. The van der Waals surface area contributed by atoms with E-state index in [0.29, 0.717) is 30.1 Å². The van der Waals surface area contributed by atoms with Gasteiger partial charge in [0.25, 0.3) is 0 Å². The summed E-state index contributed by atoms with van der Waals surface area (Å²) >= 11 is 6.06. The number of carbonyl (C=O) groups is 2. The number of carbonyl (C=O) groups excluding carboxylic acids is 2. The van der Waals surface area contributed by atoms with Crippen molar-refractivity contribution in [1.29, 1.82) is 0 Å². The molecule has 0 saturated carbocycles. The summed E-state index contributed by atoms with van der Waals surface area (Å²) in [4.78, 5) is 27.2. The largest absolute Gasteiger partial charge is 0.350 e. The van der Waals surface area contributed by atoms with Gasteiger partial charge in [0.15, 0.2) is 0 Å². The Morgan fingerprint density at radius 1 is 1.09 bits per heavy atom. The maximum atomic E-state index is 12.9. The lowest BCUT2D eigenvalue weighted by atomic mass is 10.0. The van der Waals surface area contributed by atoms with Gasteiger partial charge in [-0.15, -0.1) is 0 Å². The molecule has 3 rings (SSSR count). The molecule has 2 aromatic rings. The molecule has 1 atom stereocenters. The maximum Gasteiger partial charge on any atom is 0.243 e. The van der Waals surface area contributed by atoms with Crippen molar-refractivity contribution in [3.63, 3.8) is 0 Å². The van der Waals surface area contributed by atoms with Crippen molar-refractivity contribution < 1.29 is 18.0 Å². The summed E-state index contributed by atoms with van der Waals surface area (Å²) in [5, 5.41) is 3.42. The number of likely N-dealkylation sites (tertiary alicyclic amines) is 1. The average Bonchev–Trinajstić information content (AvgIpc) is 2.81. The van der Waals surface area contributed by atoms with Crippen LogP contribution in [-0.4, -0.2) is 44.3 Å². The highest BCUT2D eigenvalue weighted by Crippen LogP contribution is 2.19. The van der Waals surface area contributed by atoms with Crippen LogP contribution in [0, 0.1) is 0 Å². The second kappa shape index (κ2) is 11.6. The average molecular weight is 493 g/mol. The van der Waals surface area contributed by atoms with Crippen molar-refractivity contribution in [2.24, 2.45) is 5.73 Å². The van der Waals surface area contributed by atoms with E-state index in [2.05, 4.69) is 10.0 Å². The van der Waals surface area contributed by atoms with E-state index in [0.717, 1.165) is 24.0 Å². The van der Waals surface area contributed by atoms with Crippen molar-refractivity contribution >= 4 is 33.4 Å². The molecular formula is C23H29ClN4O4S. The monoisotopic (exact) mass is 492 g/mol. The minimum Gasteiger partial charge on any atom is -0.350 e. The first-order valence-corrected chi connectivity index (χ1v) is 12.9. The first-order valence-electron chi connectivity index (χ1n) is 10.8. The fourth-order valence-electron chi connectivity index (χ4n) is 3.88. The molecule has 2 aromatic carbocycles. The highest BCUT2D eigenvalue weighted by atomic mass is 35.5. The molecule has 1 heterocycles. The standard InChI is InChI=1S/C23H29ClN4O4S/c24-20-10-9-18(13-25)19(12-20)14-26-23(30)21-8-4-5-11-28(21)22(29)15-27-33(31,32)16-17-6-2-1-3-7-17/h1-3,6-7,9-10,12,21,27H,4-5,8,11,13-16,25H2,(H,26,30)/t21-/m0/s1. The zero-order chi connectivity index (χ0) is 23.8. The Balaban J connectivity index is 1.59. The lowest BCUT2D eigenvalue weighted by Crippen LogP contribution is -2.54. The Labute approximate surface area is 199 Å².